The minimum atomic E-state index is -4.95. The van der Waals surface area contributed by atoms with E-state index in [-0.39, 0.29) is 24.2 Å². The van der Waals surface area contributed by atoms with Crippen LogP contribution in [0.2, 0.25) is 0 Å². The number of Topliss-reactive ketones (excluding diaryl/α,β-unsaturated/α-hetero) is 1. The largest absolute Gasteiger partial charge is 0.454 e. The van der Waals surface area contributed by atoms with Crippen molar-refractivity contribution in [3.63, 3.8) is 0 Å². The number of carbonyl (C=O) groups is 3. The van der Waals surface area contributed by atoms with Gasteiger partial charge in [-0.25, -0.2) is 4.79 Å². The van der Waals surface area contributed by atoms with Gasteiger partial charge in [-0.2, -0.15) is 13.2 Å². The molecule has 0 spiro atoms. The molecule has 1 aliphatic rings. The van der Waals surface area contributed by atoms with Crippen LogP contribution in [0.15, 0.2) is 48.5 Å². The summed E-state index contributed by atoms with van der Waals surface area (Å²) in [5.74, 6) is -2.21. The smallest absolute Gasteiger partial charge is 0.445 e. The van der Waals surface area contributed by atoms with Gasteiger partial charge in [-0.05, 0) is 43.4 Å². The van der Waals surface area contributed by atoms with Crippen molar-refractivity contribution in [2.45, 2.75) is 32.5 Å². The van der Waals surface area contributed by atoms with Gasteiger partial charge in [0.2, 0.25) is 0 Å². The fourth-order valence-corrected chi connectivity index (χ4v) is 3.52. The third kappa shape index (κ3) is 6.81. The minimum Gasteiger partial charge on any atom is -0.445 e. The number of nitrogens with zero attached hydrogens (tertiary/aromatic N) is 1. The molecule has 0 aromatic heterocycles. The van der Waals surface area contributed by atoms with Crippen molar-refractivity contribution in [2.75, 3.05) is 19.6 Å². The number of likely N-dealkylation sites (tertiary alicyclic amines) is 1. The van der Waals surface area contributed by atoms with Gasteiger partial charge in [-0.1, -0.05) is 42.0 Å². The van der Waals surface area contributed by atoms with E-state index < -0.39 is 23.4 Å². The number of amides is 2. The second-order valence-electron chi connectivity index (χ2n) is 8.08. The summed E-state index contributed by atoms with van der Waals surface area (Å²) < 4.78 is 42.8. The van der Waals surface area contributed by atoms with Crippen LogP contribution >= 0.6 is 0 Å². The van der Waals surface area contributed by atoms with Gasteiger partial charge >= 0.3 is 12.3 Å². The molecule has 9 heteroatoms. The maximum Gasteiger partial charge on any atom is 0.454 e. The lowest BCUT2D eigenvalue weighted by Gasteiger charge is -2.31. The normalized spacial score (nSPS) is 14.6. The maximum atomic E-state index is 12.5. The number of nitrogens with one attached hydrogen (secondary N) is 1. The van der Waals surface area contributed by atoms with Crippen molar-refractivity contribution in [2.24, 2.45) is 5.92 Å². The Labute approximate surface area is 189 Å². The fraction of sp³-hybridized carbons (Fsp3) is 0.375. The molecule has 1 aliphatic heterocycles. The molecule has 2 aromatic carbocycles. The lowest BCUT2D eigenvalue weighted by atomic mass is 9.97. The van der Waals surface area contributed by atoms with E-state index in [1.807, 2.05) is 31.2 Å². The number of alkyl halides is 3. The summed E-state index contributed by atoms with van der Waals surface area (Å²) in [5, 5.41) is 2.76. The Morgan fingerprint density at radius 1 is 0.970 bits per heavy atom. The topological polar surface area (TPSA) is 75.7 Å². The monoisotopic (exact) mass is 462 g/mol. The Balaban J connectivity index is 1.40. The van der Waals surface area contributed by atoms with Gasteiger partial charge in [0.1, 0.15) is 6.61 Å². The summed E-state index contributed by atoms with van der Waals surface area (Å²) in [5.41, 5.74) is 1.71. The van der Waals surface area contributed by atoms with Crippen molar-refractivity contribution in [3.8, 4) is 0 Å². The quantitative estimate of drug-likeness (QED) is 0.641. The second kappa shape index (κ2) is 10.5. The zero-order chi connectivity index (χ0) is 24.0. The lowest BCUT2D eigenvalue weighted by molar-refractivity contribution is -0.0885. The number of ether oxygens (including phenoxy) is 1. The molecular formula is C24H25F3N2O4. The number of carbonyl (C=O) groups excluding carboxylic acids is 3. The van der Waals surface area contributed by atoms with Crippen LogP contribution < -0.4 is 5.32 Å². The average Bonchev–Trinajstić information content (AvgIpc) is 2.81. The Bertz CT molecular complexity index is 980. The zero-order valence-electron chi connectivity index (χ0n) is 18.2. The van der Waals surface area contributed by atoms with Crippen LogP contribution in [0.4, 0.5) is 18.0 Å². The van der Waals surface area contributed by atoms with Gasteiger partial charge in [-0.3, -0.25) is 9.59 Å². The third-order valence-corrected chi connectivity index (χ3v) is 5.57. The summed E-state index contributed by atoms with van der Waals surface area (Å²) in [6.45, 7) is 3.61. The van der Waals surface area contributed by atoms with Crippen molar-refractivity contribution in [3.05, 3.63) is 70.8 Å². The number of hydrogen-bond acceptors (Lipinski definition) is 4. The molecule has 0 unspecified atom stereocenters. The highest BCUT2D eigenvalue weighted by Gasteiger charge is 2.39. The lowest BCUT2D eigenvalue weighted by Crippen LogP contribution is -2.41. The predicted molar refractivity (Wildman–Crippen MR) is 115 cm³/mol. The third-order valence-electron chi connectivity index (χ3n) is 5.57. The van der Waals surface area contributed by atoms with Gasteiger partial charge in [0, 0.05) is 30.8 Å². The molecule has 0 bridgehead atoms. The standard InChI is InChI=1S/C24H25F3N2O4/c1-16-2-4-18(5-3-16)15-33-23(32)29-12-10-17(11-13-29)14-28-22(31)20-8-6-19(7-9-20)21(30)24(25,26)27/h2-9,17H,10-15H2,1H3,(H,28,31). The van der Waals surface area contributed by atoms with Crippen LogP contribution in [0.5, 0.6) is 0 Å². The van der Waals surface area contributed by atoms with Crippen molar-refractivity contribution >= 4 is 17.8 Å². The maximum absolute atomic E-state index is 12.5. The van der Waals surface area contributed by atoms with Crippen LogP contribution in [-0.2, 0) is 11.3 Å². The van der Waals surface area contributed by atoms with Crippen LogP contribution in [0.25, 0.3) is 0 Å². The molecule has 176 valence electrons. The predicted octanol–water partition coefficient (Wildman–Crippen LogP) is 4.52. The highest BCUT2D eigenvalue weighted by molar-refractivity contribution is 6.01. The first-order chi connectivity index (χ1) is 15.6. The molecule has 1 fully saturated rings. The van der Waals surface area contributed by atoms with Gasteiger partial charge < -0.3 is 15.0 Å². The number of piperidine rings is 1. The van der Waals surface area contributed by atoms with Crippen LogP contribution in [0.3, 0.4) is 0 Å². The van der Waals surface area contributed by atoms with Gasteiger partial charge in [0.15, 0.2) is 0 Å². The summed E-state index contributed by atoms with van der Waals surface area (Å²) >= 11 is 0. The second-order valence-corrected chi connectivity index (χ2v) is 8.08. The van der Waals surface area contributed by atoms with E-state index >= 15 is 0 Å². The first-order valence-corrected chi connectivity index (χ1v) is 10.6. The molecule has 0 radical (unpaired) electrons. The summed E-state index contributed by atoms with van der Waals surface area (Å²) in [7, 11) is 0. The molecule has 1 saturated heterocycles. The molecule has 0 aliphatic carbocycles. The van der Waals surface area contributed by atoms with Crippen molar-refractivity contribution in [1.82, 2.24) is 10.2 Å². The summed E-state index contributed by atoms with van der Waals surface area (Å²) in [6, 6.07) is 12.1. The van der Waals surface area contributed by atoms with E-state index in [2.05, 4.69) is 5.32 Å². The van der Waals surface area contributed by atoms with Crippen LogP contribution in [0.1, 0.15) is 44.7 Å². The minimum absolute atomic E-state index is 0.168. The van der Waals surface area contributed by atoms with E-state index in [1.165, 1.54) is 12.1 Å². The summed E-state index contributed by atoms with van der Waals surface area (Å²) in [6.07, 6.45) is -3.93. The molecule has 2 aromatic rings. The van der Waals surface area contributed by atoms with Crippen molar-refractivity contribution in [1.29, 1.82) is 0 Å². The van der Waals surface area contributed by atoms with E-state index in [0.29, 0.717) is 32.5 Å². The number of ketones is 1. The highest BCUT2D eigenvalue weighted by atomic mass is 19.4. The molecule has 33 heavy (non-hydrogen) atoms. The number of aryl methyl sites for hydroxylation is 1. The van der Waals surface area contributed by atoms with E-state index in [4.69, 9.17) is 4.74 Å². The zero-order valence-corrected chi connectivity index (χ0v) is 18.2. The number of halogens is 3. The molecule has 6 nitrogen and oxygen atoms in total. The molecule has 3 rings (SSSR count). The van der Waals surface area contributed by atoms with Gasteiger partial charge in [-0.15, -0.1) is 0 Å². The van der Waals surface area contributed by atoms with E-state index in [1.54, 1.807) is 4.90 Å². The van der Waals surface area contributed by atoms with Crippen LogP contribution in [-0.4, -0.2) is 48.5 Å². The number of hydrogen-bond donors (Lipinski definition) is 1. The first-order valence-electron chi connectivity index (χ1n) is 10.6. The highest BCUT2D eigenvalue weighted by Crippen LogP contribution is 2.22. The summed E-state index contributed by atoms with van der Waals surface area (Å²) in [4.78, 5) is 37.4. The van der Waals surface area contributed by atoms with Crippen molar-refractivity contribution < 1.29 is 32.3 Å². The average molecular weight is 462 g/mol. The van der Waals surface area contributed by atoms with Crippen LogP contribution in [0, 0.1) is 12.8 Å². The molecule has 0 atom stereocenters. The number of rotatable bonds is 6. The Kier molecular flexibility index (Phi) is 7.73. The molecule has 0 saturated carbocycles. The molecular weight excluding hydrogens is 437 g/mol. The van der Waals surface area contributed by atoms with Gasteiger partial charge in [0.05, 0.1) is 0 Å². The first kappa shape index (κ1) is 24.3. The van der Waals surface area contributed by atoms with E-state index in [9.17, 15) is 27.6 Å². The Morgan fingerprint density at radius 3 is 2.12 bits per heavy atom. The Hall–Kier alpha value is -3.36. The molecule has 1 N–H and O–H groups in total. The van der Waals surface area contributed by atoms with E-state index in [0.717, 1.165) is 23.3 Å². The van der Waals surface area contributed by atoms with Gasteiger partial charge in [0.25, 0.3) is 11.7 Å². The molecule has 1 heterocycles. The molecule has 2 amide bonds. The SMILES string of the molecule is Cc1ccc(COC(=O)N2CCC(CNC(=O)c3ccc(C(=O)C(F)(F)F)cc3)CC2)cc1. The number of benzene rings is 2. The Morgan fingerprint density at radius 2 is 1.55 bits per heavy atom. The fourth-order valence-electron chi connectivity index (χ4n) is 3.52.